The van der Waals surface area contributed by atoms with Gasteiger partial charge in [0.25, 0.3) is 0 Å². The monoisotopic (exact) mass is 270 g/mol. The predicted molar refractivity (Wildman–Crippen MR) is 82.6 cm³/mol. The number of benzene rings is 1. The lowest BCUT2D eigenvalue weighted by Gasteiger charge is -2.13. The van der Waals surface area contributed by atoms with E-state index in [9.17, 15) is 0 Å². The van der Waals surface area contributed by atoms with E-state index in [2.05, 4.69) is 32.4 Å². The summed E-state index contributed by atoms with van der Waals surface area (Å²) < 4.78 is 0. The molecule has 6 heteroatoms. The molecule has 0 atom stereocenters. The lowest BCUT2D eigenvalue weighted by molar-refractivity contribution is 0.968. The second-order valence-electron chi connectivity index (χ2n) is 4.40. The molecule has 0 unspecified atom stereocenters. The molecule has 0 aliphatic carbocycles. The van der Waals surface area contributed by atoms with E-state index in [1.165, 1.54) is 0 Å². The van der Waals surface area contributed by atoms with Crippen molar-refractivity contribution in [3.8, 4) is 0 Å². The third-order valence-corrected chi connectivity index (χ3v) is 2.62. The molecule has 2 N–H and O–H groups in total. The van der Waals surface area contributed by atoms with Gasteiger partial charge in [0, 0.05) is 32.0 Å². The van der Waals surface area contributed by atoms with Crippen LogP contribution in [0.5, 0.6) is 0 Å². The van der Waals surface area contributed by atoms with Gasteiger partial charge in [0.2, 0.25) is 5.95 Å². The minimum Gasteiger partial charge on any atom is -0.378 e. The van der Waals surface area contributed by atoms with E-state index in [0.29, 0.717) is 18.3 Å². The Labute approximate surface area is 118 Å². The lowest BCUT2D eigenvalue weighted by atomic mass is 10.2. The van der Waals surface area contributed by atoms with Crippen LogP contribution in [0.2, 0.25) is 0 Å². The summed E-state index contributed by atoms with van der Waals surface area (Å²) in [6.45, 7) is 4.23. The smallest absolute Gasteiger partial charge is 0.244 e. The van der Waals surface area contributed by atoms with Crippen LogP contribution in [0, 0.1) is 0 Å². The normalized spacial score (nSPS) is 9.90. The molecule has 0 bridgehead atoms. The van der Waals surface area contributed by atoms with Crippen LogP contribution < -0.4 is 15.5 Å². The van der Waals surface area contributed by atoms with Crippen molar-refractivity contribution in [3.05, 3.63) is 43.1 Å². The van der Waals surface area contributed by atoms with Gasteiger partial charge in [-0.2, -0.15) is 10.1 Å². The Balaban J connectivity index is 2.07. The fourth-order valence-electron chi connectivity index (χ4n) is 1.59. The van der Waals surface area contributed by atoms with Gasteiger partial charge in [0.15, 0.2) is 5.82 Å². The zero-order valence-electron chi connectivity index (χ0n) is 11.7. The van der Waals surface area contributed by atoms with Crippen molar-refractivity contribution < 1.29 is 0 Å². The maximum absolute atomic E-state index is 4.31. The molecule has 0 saturated heterocycles. The third kappa shape index (κ3) is 3.68. The maximum atomic E-state index is 4.31. The average Bonchev–Trinajstić information content (AvgIpc) is 2.46. The van der Waals surface area contributed by atoms with E-state index >= 15 is 0 Å². The molecule has 104 valence electrons. The van der Waals surface area contributed by atoms with Crippen LogP contribution in [0.3, 0.4) is 0 Å². The molecule has 1 aromatic heterocycles. The standard InChI is InChI=1S/C14H18N6/c1-4-9-15-14-18-13(10-16-19-14)17-11-5-7-12(8-6-11)20(2)3/h4-8,10H,1,9H2,2-3H3,(H2,15,17,18,19). The molecule has 0 aliphatic rings. The zero-order chi connectivity index (χ0) is 14.4. The van der Waals surface area contributed by atoms with Gasteiger partial charge in [-0.15, -0.1) is 11.7 Å². The Morgan fingerprint density at radius 3 is 2.65 bits per heavy atom. The van der Waals surface area contributed by atoms with Crippen molar-refractivity contribution >= 4 is 23.1 Å². The molecule has 1 aromatic carbocycles. The minimum atomic E-state index is 0.472. The Morgan fingerprint density at radius 2 is 2.00 bits per heavy atom. The summed E-state index contributed by atoms with van der Waals surface area (Å²) >= 11 is 0. The molecule has 0 aliphatic heterocycles. The molecule has 2 aromatic rings. The first-order chi connectivity index (χ1) is 9.69. The fraction of sp³-hybridized carbons (Fsp3) is 0.214. The van der Waals surface area contributed by atoms with Crippen molar-refractivity contribution in [1.29, 1.82) is 0 Å². The Bertz CT molecular complexity index is 564. The summed E-state index contributed by atoms with van der Waals surface area (Å²) in [6.07, 6.45) is 3.32. The summed E-state index contributed by atoms with van der Waals surface area (Å²) in [7, 11) is 4.02. The molecular formula is C14H18N6. The van der Waals surface area contributed by atoms with E-state index in [0.717, 1.165) is 11.4 Å². The molecule has 0 fully saturated rings. The number of hydrogen-bond donors (Lipinski definition) is 2. The van der Waals surface area contributed by atoms with Crippen molar-refractivity contribution in [2.45, 2.75) is 0 Å². The topological polar surface area (TPSA) is 66.0 Å². The number of hydrogen-bond acceptors (Lipinski definition) is 6. The lowest BCUT2D eigenvalue weighted by Crippen LogP contribution is -2.08. The Morgan fingerprint density at radius 1 is 1.25 bits per heavy atom. The van der Waals surface area contributed by atoms with Gasteiger partial charge in [-0.3, -0.25) is 0 Å². The molecule has 0 spiro atoms. The summed E-state index contributed by atoms with van der Waals surface area (Å²) in [4.78, 5) is 6.36. The predicted octanol–water partition coefficient (Wildman–Crippen LogP) is 2.28. The summed E-state index contributed by atoms with van der Waals surface area (Å²) in [5, 5.41) is 14.0. The molecule has 0 saturated carbocycles. The second-order valence-corrected chi connectivity index (χ2v) is 4.40. The largest absolute Gasteiger partial charge is 0.378 e. The second kappa shape index (κ2) is 6.51. The van der Waals surface area contributed by atoms with E-state index in [1.807, 2.05) is 43.3 Å². The first-order valence-electron chi connectivity index (χ1n) is 6.28. The van der Waals surface area contributed by atoms with Gasteiger partial charge >= 0.3 is 0 Å². The molecular weight excluding hydrogens is 252 g/mol. The highest BCUT2D eigenvalue weighted by atomic mass is 15.3. The molecule has 6 nitrogen and oxygen atoms in total. The van der Waals surface area contributed by atoms with Crippen LogP contribution in [0.1, 0.15) is 0 Å². The minimum absolute atomic E-state index is 0.472. The van der Waals surface area contributed by atoms with Crippen molar-refractivity contribution in [2.75, 3.05) is 36.2 Å². The SMILES string of the molecule is C=CCNc1nncc(Nc2ccc(N(C)C)cc2)n1. The van der Waals surface area contributed by atoms with Crippen molar-refractivity contribution in [2.24, 2.45) is 0 Å². The number of nitrogens with zero attached hydrogens (tertiary/aromatic N) is 4. The molecule has 0 radical (unpaired) electrons. The summed E-state index contributed by atoms with van der Waals surface area (Å²) in [5.74, 6) is 1.11. The first kappa shape index (κ1) is 13.8. The van der Waals surface area contributed by atoms with Gasteiger partial charge < -0.3 is 15.5 Å². The number of aromatic nitrogens is 3. The number of anilines is 4. The van der Waals surface area contributed by atoms with Crippen molar-refractivity contribution in [1.82, 2.24) is 15.2 Å². The Hall–Kier alpha value is -2.63. The molecule has 1 heterocycles. The van der Waals surface area contributed by atoms with Crippen LogP contribution in [-0.2, 0) is 0 Å². The average molecular weight is 270 g/mol. The van der Waals surface area contributed by atoms with Gasteiger partial charge in [-0.05, 0) is 24.3 Å². The van der Waals surface area contributed by atoms with Crippen LogP contribution >= 0.6 is 0 Å². The van der Waals surface area contributed by atoms with E-state index in [-0.39, 0.29) is 0 Å². The first-order valence-corrected chi connectivity index (χ1v) is 6.28. The van der Waals surface area contributed by atoms with Crippen LogP contribution in [0.15, 0.2) is 43.1 Å². The fourth-order valence-corrected chi connectivity index (χ4v) is 1.59. The van der Waals surface area contributed by atoms with Gasteiger partial charge in [0.05, 0.1) is 6.20 Å². The van der Waals surface area contributed by atoms with Crippen LogP contribution in [-0.4, -0.2) is 35.8 Å². The zero-order valence-corrected chi connectivity index (χ0v) is 11.7. The van der Waals surface area contributed by atoms with Crippen LogP contribution in [0.4, 0.5) is 23.1 Å². The van der Waals surface area contributed by atoms with E-state index < -0.39 is 0 Å². The quantitative estimate of drug-likeness (QED) is 0.785. The van der Waals surface area contributed by atoms with E-state index in [1.54, 1.807) is 12.3 Å². The van der Waals surface area contributed by atoms with Crippen molar-refractivity contribution in [3.63, 3.8) is 0 Å². The third-order valence-electron chi connectivity index (χ3n) is 2.62. The summed E-state index contributed by atoms with van der Waals surface area (Å²) in [6, 6.07) is 8.06. The number of nitrogens with one attached hydrogen (secondary N) is 2. The number of rotatable bonds is 6. The van der Waals surface area contributed by atoms with Gasteiger partial charge in [-0.1, -0.05) is 6.08 Å². The van der Waals surface area contributed by atoms with E-state index in [4.69, 9.17) is 0 Å². The highest BCUT2D eigenvalue weighted by Crippen LogP contribution is 2.18. The highest BCUT2D eigenvalue weighted by molar-refractivity contribution is 5.60. The van der Waals surface area contributed by atoms with Gasteiger partial charge in [0.1, 0.15) is 0 Å². The maximum Gasteiger partial charge on any atom is 0.244 e. The molecule has 2 rings (SSSR count). The van der Waals surface area contributed by atoms with Gasteiger partial charge in [-0.25, -0.2) is 0 Å². The molecule has 20 heavy (non-hydrogen) atoms. The molecule has 0 amide bonds. The van der Waals surface area contributed by atoms with Crippen LogP contribution in [0.25, 0.3) is 0 Å². The summed E-state index contributed by atoms with van der Waals surface area (Å²) in [5.41, 5.74) is 2.09. The Kier molecular flexibility index (Phi) is 4.49. The highest BCUT2D eigenvalue weighted by Gasteiger charge is 2.01.